The van der Waals surface area contributed by atoms with Crippen molar-refractivity contribution in [3.05, 3.63) is 35.4 Å². The van der Waals surface area contributed by atoms with Crippen molar-refractivity contribution >= 4 is 5.97 Å². The second-order valence-corrected chi connectivity index (χ2v) is 4.79. The van der Waals surface area contributed by atoms with Crippen LogP contribution in [0.3, 0.4) is 0 Å². The summed E-state index contributed by atoms with van der Waals surface area (Å²) >= 11 is 0. The van der Waals surface area contributed by atoms with Crippen LogP contribution in [-0.4, -0.2) is 13.1 Å². The van der Waals surface area contributed by atoms with E-state index in [1.807, 2.05) is 24.3 Å². The van der Waals surface area contributed by atoms with Crippen molar-refractivity contribution in [2.45, 2.75) is 33.2 Å². The topological polar surface area (TPSA) is 52.3 Å². The third-order valence-electron chi connectivity index (χ3n) is 3.24. The van der Waals surface area contributed by atoms with Crippen LogP contribution in [0.5, 0.6) is 0 Å². The maximum absolute atomic E-state index is 11.7. The molecule has 0 aromatic heterocycles. The van der Waals surface area contributed by atoms with E-state index in [4.69, 9.17) is 10.5 Å². The van der Waals surface area contributed by atoms with E-state index in [-0.39, 0.29) is 12.0 Å². The number of esters is 1. The highest BCUT2D eigenvalue weighted by Gasteiger charge is 2.36. The molecule has 0 spiro atoms. The second kappa shape index (κ2) is 5.32. The summed E-state index contributed by atoms with van der Waals surface area (Å²) in [6.07, 6.45) is 0.996. The van der Waals surface area contributed by atoms with Gasteiger partial charge in [0.1, 0.15) is 0 Å². The molecule has 3 heteroatoms. The third-order valence-corrected chi connectivity index (χ3v) is 3.24. The Morgan fingerprint density at radius 1 is 1.35 bits per heavy atom. The molecule has 1 rings (SSSR count). The van der Waals surface area contributed by atoms with Gasteiger partial charge in [-0.3, -0.25) is 4.79 Å². The monoisotopic (exact) mass is 235 g/mol. The highest BCUT2D eigenvalue weighted by molar-refractivity contribution is 5.77. The number of hydrogen-bond acceptors (Lipinski definition) is 3. The van der Waals surface area contributed by atoms with Crippen LogP contribution in [0.15, 0.2) is 24.3 Å². The van der Waals surface area contributed by atoms with Gasteiger partial charge in [-0.25, -0.2) is 0 Å². The van der Waals surface area contributed by atoms with Gasteiger partial charge in [0, 0.05) is 6.04 Å². The number of methoxy groups -OCH3 is 1. The summed E-state index contributed by atoms with van der Waals surface area (Å²) in [4.78, 5) is 11.7. The number of carbonyl (C=O) groups is 1. The summed E-state index contributed by atoms with van der Waals surface area (Å²) in [5.41, 5.74) is 7.64. The standard InChI is InChI=1S/C14H21NO2/c1-5-10-6-8-11(9-7-10)12(15)14(2,3)13(16)17-4/h6-9,12H,5,15H2,1-4H3. The van der Waals surface area contributed by atoms with Crippen molar-refractivity contribution in [1.82, 2.24) is 0 Å². The number of benzene rings is 1. The summed E-state index contributed by atoms with van der Waals surface area (Å²) in [5, 5.41) is 0. The van der Waals surface area contributed by atoms with Gasteiger partial charge in [0.25, 0.3) is 0 Å². The Labute approximate surface area is 103 Å². The molecule has 2 N–H and O–H groups in total. The lowest BCUT2D eigenvalue weighted by Gasteiger charge is -2.29. The van der Waals surface area contributed by atoms with Gasteiger partial charge in [-0.15, -0.1) is 0 Å². The molecule has 0 fully saturated rings. The average Bonchev–Trinajstić information content (AvgIpc) is 2.36. The molecule has 0 aliphatic rings. The van der Waals surface area contributed by atoms with E-state index in [2.05, 4.69) is 6.92 Å². The first-order chi connectivity index (χ1) is 7.93. The second-order valence-electron chi connectivity index (χ2n) is 4.79. The van der Waals surface area contributed by atoms with Crippen molar-refractivity contribution in [2.24, 2.45) is 11.1 Å². The number of ether oxygens (including phenoxy) is 1. The molecule has 0 saturated carbocycles. The van der Waals surface area contributed by atoms with Gasteiger partial charge in [0.2, 0.25) is 0 Å². The van der Waals surface area contributed by atoms with Gasteiger partial charge < -0.3 is 10.5 Å². The largest absolute Gasteiger partial charge is 0.469 e. The molecule has 0 aliphatic heterocycles. The minimum absolute atomic E-state index is 0.287. The van der Waals surface area contributed by atoms with Gasteiger partial charge >= 0.3 is 5.97 Å². The Morgan fingerprint density at radius 3 is 2.29 bits per heavy atom. The summed E-state index contributed by atoms with van der Waals surface area (Å²) in [6.45, 7) is 5.71. The fourth-order valence-corrected chi connectivity index (χ4v) is 1.77. The Hall–Kier alpha value is -1.35. The van der Waals surface area contributed by atoms with E-state index in [0.29, 0.717) is 0 Å². The van der Waals surface area contributed by atoms with Crippen molar-refractivity contribution in [3.63, 3.8) is 0 Å². The van der Waals surface area contributed by atoms with Crippen LogP contribution in [0.1, 0.15) is 37.9 Å². The molecule has 1 atom stereocenters. The van der Waals surface area contributed by atoms with Crippen molar-refractivity contribution in [3.8, 4) is 0 Å². The highest BCUT2D eigenvalue weighted by atomic mass is 16.5. The van der Waals surface area contributed by atoms with Crippen LogP contribution in [0.25, 0.3) is 0 Å². The number of rotatable bonds is 4. The maximum atomic E-state index is 11.7. The smallest absolute Gasteiger partial charge is 0.313 e. The van der Waals surface area contributed by atoms with Gasteiger partial charge in [0.05, 0.1) is 12.5 Å². The Morgan fingerprint density at radius 2 is 1.88 bits per heavy atom. The maximum Gasteiger partial charge on any atom is 0.313 e. The molecular weight excluding hydrogens is 214 g/mol. The molecule has 1 unspecified atom stereocenters. The summed E-state index contributed by atoms with van der Waals surface area (Å²) < 4.78 is 4.78. The zero-order valence-electron chi connectivity index (χ0n) is 11.0. The molecule has 0 radical (unpaired) electrons. The Balaban J connectivity index is 2.95. The van der Waals surface area contributed by atoms with E-state index in [9.17, 15) is 4.79 Å². The van der Waals surface area contributed by atoms with E-state index in [1.54, 1.807) is 13.8 Å². The lowest BCUT2D eigenvalue weighted by molar-refractivity contribution is -0.152. The molecule has 0 aliphatic carbocycles. The third kappa shape index (κ3) is 2.86. The number of aryl methyl sites for hydroxylation is 1. The van der Waals surface area contributed by atoms with Crippen LogP contribution < -0.4 is 5.73 Å². The van der Waals surface area contributed by atoms with Crippen molar-refractivity contribution in [2.75, 3.05) is 7.11 Å². The molecule has 0 heterocycles. The van der Waals surface area contributed by atoms with Crippen LogP contribution in [0.4, 0.5) is 0 Å². The molecule has 1 aromatic carbocycles. The molecular formula is C14H21NO2. The number of hydrogen-bond donors (Lipinski definition) is 1. The summed E-state index contributed by atoms with van der Waals surface area (Å²) in [5.74, 6) is -0.287. The van der Waals surface area contributed by atoms with Crippen LogP contribution in [0.2, 0.25) is 0 Å². The lowest BCUT2D eigenvalue weighted by Crippen LogP contribution is -2.37. The fraction of sp³-hybridized carbons (Fsp3) is 0.500. The molecule has 0 amide bonds. The van der Waals surface area contributed by atoms with Gasteiger partial charge in [0.15, 0.2) is 0 Å². The average molecular weight is 235 g/mol. The minimum atomic E-state index is -0.720. The molecule has 0 saturated heterocycles. The normalized spacial score (nSPS) is 13.2. The summed E-state index contributed by atoms with van der Waals surface area (Å²) in [7, 11) is 1.39. The van der Waals surface area contributed by atoms with E-state index in [0.717, 1.165) is 12.0 Å². The predicted octanol–water partition coefficient (Wildman–Crippen LogP) is 2.45. The van der Waals surface area contributed by atoms with Gasteiger partial charge in [-0.05, 0) is 31.4 Å². The highest BCUT2D eigenvalue weighted by Crippen LogP contribution is 2.32. The van der Waals surface area contributed by atoms with Gasteiger partial charge in [-0.1, -0.05) is 31.2 Å². The van der Waals surface area contributed by atoms with Crippen molar-refractivity contribution in [1.29, 1.82) is 0 Å². The first kappa shape index (κ1) is 13.7. The quantitative estimate of drug-likeness (QED) is 0.815. The molecule has 3 nitrogen and oxygen atoms in total. The van der Waals surface area contributed by atoms with E-state index >= 15 is 0 Å². The lowest BCUT2D eigenvalue weighted by atomic mass is 9.81. The first-order valence-corrected chi connectivity index (χ1v) is 5.86. The predicted molar refractivity (Wildman–Crippen MR) is 68.5 cm³/mol. The molecule has 1 aromatic rings. The zero-order chi connectivity index (χ0) is 13.1. The zero-order valence-corrected chi connectivity index (χ0v) is 11.0. The first-order valence-electron chi connectivity index (χ1n) is 5.86. The van der Waals surface area contributed by atoms with Gasteiger partial charge in [-0.2, -0.15) is 0 Å². The minimum Gasteiger partial charge on any atom is -0.469 e. The molecule has 0 bridgehead atoms. The number of carbonyl (C=O) groups excluding carboxylic acids is 1. The summed E-state index contributed by atoms with van der Waals surface area (Å²) in [6, 6.07) is 7.69. The molecule has 17 heavy (non-hydrogen) atoms. The Bertz CT molecular complexity index is 382. The van der Waals surface area contributed by atoms with E-state index in [1.165, 1.54) is 12.7 Å². The van der Waals surface area contributed by atoms with Crippen LogP contribution in [-0.2, 0) is 16.0 Å². The van der Waals surface area contributed by atoms with Crippen LogP contribution >= 0.6 is 0 Å². The SMILES string of the molecule is CCc1ccc(C(N)C(C)(C)C(=O)OC)cc1. The Kier molecular flexibility index (Phi) is 4.29. The van der Waals surface area contributed by atoms with E-state index < -0.39 is 5.41 Å². The number of nitrogens with two attached hydrogens (primary N) is 1. The van der Waals surface area contributed by atoms with Crippen molar-refractivity contribution < 1.29 is 9.53 Å². The fourth-order valence-electron chi connectivity index (χ4n) is 1.77. The molecule has 94 valence electrons. The van der Waals surface area contributed by atoms with Crippen LogP contribution in [0, 0.1) is 5.41 Å².